The van der Waals surface area contributed by atoms with Crippen LogP contribution in [-0.4, -0.2) is 64.4 Å². The molecular formula is C36H36N6O5S2. The van der Waals surface area contributed by atoms with Crippen LogP contribution in [0.2, 0.25) is 0 Å². The molecule has 5 aromatic rings. The van der Waals surface area contributed by atoms with Crippen molar-refractivity contribution >= 4 is 40.6 Å². The van der Waals surface area contributed by atoms with E-state index in [1.807, 2.05) is 64.5 Å². The maximum Gasteiger partial charge on any atom is 0.253 e. The van der Waals surface area contributed by atoms with Gasteiger partial charge in [0.2, 0.25) is 0 Å². The van der Waals surface area contributed by atoms with Crippen molar-refractivity contribution < 1.29 is 23.8 Å². The summed E-state index contributed by atoms with van der Waals surface area (Å²) in [4.78, 5) is 28.1. The van der Waals surface area contributed by atoms with Gasteiger partial charge < -0.3 is 24.1 Å². The number of amides is 2. The Hall–Kier alpha value is -5.14. The van der Waals surface area contributed by atoms with Gasteiger partial charge in [0, 0.05) is 24.6 Å². The molecule has 1 N–H and O–H groups in total. The van der Waals surface area contributed by atoms with Gasteiger partial charge in [0.05, 0.1) is 50.3 Å². The van der Waals surface area contributed by atoms with Gasteiger partial charge in [-0.05, 0) is 53.3 Å². The summed E-state index contributed by atoms with van der Waals surface area (Å²) in [5.41, 5.74) is 3.40. The van der Waals surface area contributed by atoms with E-state index in [0.29, 0.717) is 47.4 Å². The van der Waals surface area contributed by atoms with E-state index in [2.05, 4.69) is 27.6 Å². The average Bonchev–Trinajstić information content (AvgIpc) is 3.93. The Morgan fingerprint density at radius 2 is 1.63 bits per heavy atom. The molecular weight excluding hydrogens is 661 g/mol. The Balaban J connectivity index is 1.20. The van der Waals surface area contributed by atoms with E-state index in [1.54, 1.807) is 41.7 Å². The third kappa shape index (κ3) is 8.12. The monoisotopic (exact) mass is 696 g/mol. The molecule has 0 aliphatic carbocycles. The van der Waals surface area contributed by atoms with E-state index in [-0.39, 0.29) is 30.2 Å². The highest BCUT2D eigenvalue weighted by Gasteiger charge is 2.33. The van der Waals surface area contributed by atoms with Crippen molar-refractivity contribution in [3.05, 3.63) is 118 Å². The van der Waals surface area contributed by atoms with Gasteiger partial charge in [0.1, 0.15) is 17.2 Å². The molecule has 252 valence electrons. The number of thioether (sulfide) groups is 1. The van der Waals surface area contributed by atoms with Crippen molar-refractivity contribution in [3.8, 4) is 17.2 Å². The number of hydrogen-bond donors (Lipinski definition) is 1. The Bertz CT molecular complexity index is 1890. The summed E-state index contributed by atoms with van der Waals surface area (Å²) >= 11 is 2.91. The lowest BCUT2D eigenvalue weighted by Crippen LogP contribution is -2.28. The second kappa shape index (κ2) is 15.8. The van der Waals surface area contributed by atoms with E-state index >= 15 is 0 Å². The van der Waals surface area contributed by atoms with E-state index < -0.39 is 0 Å². The first kappa shape index (κ1) is 33.7. The number of aromatic nitrogens is 3. The van der Waals surface area contributed by atoms with Gasteiger partial charge in [-0.25, -0.2) is 5.01 Å². The second-order valence-corrected chi connectivity index (χ2v) is 13.0. The zero-order valence-electron chi connectivity index (χ0n) is 27.4. The van der Waals surface area contributed by atoms with Crippen LogP contribution in [0.25, 0.3) is 0 Å². The highest BCUT2D eigenvalue weighted by Crippen LogP contribution is 2.35. The van der Waals surface area contributed by atoms with Crippen molar-refractivity contribution in [1.82, 2.24) is 25.1 Å². The largest absolute Gasteiger partial charge is 0.497 e. The molecule has 1 aliphatic rings. The van der Waals surface area contributed by atoms with Gasteiger partial charge in [0.15, 0.2) is 11.0 Å². The Labute approximate surface area is 292 Å². The molecule has 6 rings (SSSR count). The zero-order valence-corrected chi connectivity index (χ0v) is 29.0. The van der Waals surface area contributed by atoms with Gasteiger partial charge in [-0.1, -0.05) is 60.3 Å². The predicted octanol–water partition coefficient (Wildman–Crippen LogP) is 6.01. The lowest BCUT2D eigenvalue weighted by atomic mass is 10.0. The molecule has 0 saturated carbocycles. The molecule has 0 bridgehead atoms. The number of aryl methyl sites for hydroxylation is 1. The summed E-state index contributed by atoms with van der Waals surface area (Å²) in [5, 5.41) is 20.8. The fourth-order valence-electron chi connectivity index (χ4n) is 5.48. The number of nitrogens with one attached hydrogen (secondary N) is 1. The van der Waals surface area contributed by atoms with Crippen LogP contribution >= 0.6 is 23.1 Å². The highest BCUT2D eigenvalue weighted by molar-refractivity contribution is 7.99. The van der Waals surface area contributed by atoms with E-state index in [1.165, 1.54) is 26.0 Å². The van der Waals surface area contributed by atoms with E-state index in [4.69, 9.17) is 19.3 Å². The first-order valence-electron chi connectivity index (χ1n) is 15.6. The van der Waals surface area contributed by atoms with E-state index in [9.17, 15) is 9.59 Å². The molecule has 1 aliphatic heterocycles. The number of thiophene rings is 1. The maximum absolute atomic E-state index is 13.9. The number of nitrogens with zero attached hydrogens (tertiary/aromatic N) is 5. The van der Waals surface area contributed by atoms with Gasteiger partial charge in [-0.15, -0.1) is 21.5 Å². The molecule has 2 amide bonds. The Morgan fingerprint density at radius 3 is 2.31 bits per heavy atom. The number of benzene rings is 3. The number of carbonyl (C=O) groups is 2. The predicted molar refractivity (Wildman–Crippen MR) is 190 cm³/mol. The molecule has 0 radical (unpaired) electrons. The molecule has 0 saturated heterocycles. The molecule has 13 heteroatoms. The second-order valence-electron chi connectivity index (χ2n) is 11.1. The minimum absolute atomic E-state index is 0.104. The third-order valence-electron chi connectivity index (χ3n) is 8.08. The van der Waals surface area contributed by atoms with Crippen LogP contribution in [-0.2, 0) is 24.3 Å². The Kier molecular flexibility index (Phi) is 10.9. The number of hydrazone groups is 1. The SMILES string of the molecule is COc1ccc([C@@H]2CC(c3cccs3)=NN2C(=O)CSc2nnc(CNC(=O)c3cc(OC)cc(OC)c3)n2CCc2ccccc2)cc1. The highest BCUT2D eigenvalue weighted by atomic mass is 32.2. The maximum atomic E-state index is 13.9. The van der Waals surface area contributed by atoms with Crippen LogP contribution in [0.5, 0.6) is 17.2 Å². The average molecular weight is 697 g/mol. The third-order valence-corrected chi connectivity index (χ3v) is 9.95. The molecule has 2 aromatic heterocycles. The van der Waals surface area contributed by atoms with Crippen molar-refractivity contribution in [3.63, 3.8) is 0 Å². The zero-order chi connectivity index (χ0) is 34.2. The number of ether oxygens (including phenoxy) is 3. The first-order valence-corrected chi connectivity index (χ1v) is 17.5. The fraction of sp³-hybridized carbons (Fsp3) is 0.250. The van der Waals surface area contributed by atoms with Crippen LogP contribution in [0.15, 0.2) is 101 Å². The number of hydrogen-bond acceptors (Lipinski definition) is 10. The Morgan fingerprint density at radius 1 is 0.898 bits per heavy atom. The molecule has 11 nitrogen and oxygen atoms in total. The van der Waals surface area contributed by atoms with Crippen LogP contribution in [0, 0.1) is 0 Å². The first-order chi connectivity index (χ1) is 23.9. The van der Waals surface area contributed by atoms with Crippen LogP contribution in [0.3, 0.4) is 0 Å². The summed E-state index contributed by atoms with van der Waals surface area (Å²) in [7, 11) is 4.70. The van der Waals surface area contributed by atoms with Crippen molar-refractivity contribution in [2.24, 2.45) is 5.10 Å². The quantitative estimate of drug-likeness (QED) is 0.140. The lowest BCUT2D eigenvalue weighted by molar-refractivity contribution is -0.130. The summed E-state index contributed by atoms with van der Waals surface area (Å²) in [6.45, 7) is 0.694. The number of methoxy groups -OCH3 is 3. The molecule has 3 heterocycles. The summed E-state index contributed by atoms with van der Waals surface area (Å²) < 4.78 is 18.0. The van der Waals surface area contributed by atoms with Crippen molar-refractivity contribution in [2.45, 2.75) is 37.1 Å². The smallest absolute Gasteiger partial charge is 0.253 e. The van der Waals surface area contributed by atoms with Crippen molar-refractivity contribution in [2.75, 3.05) is 27.1 Å². The summed E-state index contributed by atoms with van der Waals surface area (Å²) in [6.07, 6.45) is 1.33. The molecule has 0 fully saturated rings. The lowest BCUT2D eigenvalue weighted by Gasteiger charge is -2.22. The van der Waals surface area contributed by atoms with Crippen LogP contribution < -0.4 is 19.5 Å². The number of rotatable bonds is 14. The molecule has 3 aromatic carbocycles. The fourth-order valence-corrected chi connectivity index (χ4v) is 7.03. The minimum Gasteiger partial charge on any atom is -0.497 e. The van der Waals surface area contributed by atoms with Gasteiger partial charge in [-0.2, -0.15) is 5.10 Å². The van der Waals surface area contributed by atoms with Crippen LogP contribution in [0.1, 0.15) is 44.6 Å². The molecule has 0 unspecified atom stereocenters. The molecule has 0 spiro atoms. The number of carbonyl (C=O) groups excluding carboxylic acids is 2. The molecule has 1 atom stereocenters. The summed E-state index contributed by atoms with van der Waals surface area (Å²) in [6, 6.07) is 26.6. The van der Waals surface area contributed by atoms with Gasteiger partial charge >= 0.3 is 0 Å². The minimum atomic E-state index is -0.308. The normalized spacial score (nSPS) is 14.0. The summed E-state index contributed by atoms with van der Waals surface area (Å²) in [5.74, 6) is 2.00. The van der Waals surface area contributed by atoms with Gasteiger partial charge in [-0.3, -0.25) is 9.59 Å². The van der Waals surface area contributed by atoms with Gasteiger partial charge in [0.25, 0.3) is 11.8 Å². The van der Waals surface area contributed by atoms with E-state index in [0.717, 1.165) is 27.5 Å². The van der Waals surface area contributed by atoms with Crippen molar-refractivity contribution in [1.29, 1.82) is 0 Å². The topological polar surface area (TPSA) is 120 Å². The van der Waals surface area contributed by atoms with Crippen LogP contribution in [0.4, 0.5) is 0 Å². The molecule has 49 heavy (non-hydrogen) atoms. The standard InChI is InChI=1S/C36H36N6O5S2/c1-45-27-13-11-25(12-14-27)31-21-30(32-10-7-17-48-32)40-42(31)34(43)23-49-36-39-38-33(41(36)16-15-24-8-5-4-6-9-24)22-37-35(44)26-18-28(46-2)20-29(19-26)47-3/h4-14,17-20,31H,15-16,21-23H2,1-3H3,(H,37,44)/t31-/m0/s1.